The Morgan fingerprint density at radius 2 is 1.84 bits per heavy atom. The SMILES string of the molecule is Cc1ccc(C(=O)CSc2nnc(-c3ccc(F)cc3)n2C)c(C)c1. The molecule has 0 bridgehead atoms. The van der Waals surface area contributed by atoms with Gasteiger partial charge in [-0.05, 0) is 43.7 Å². The first-order valence-electron chi connectivity index (χ1n) is 7.84. The van der Waals surface area contributed by atoms with Crippen molar-refractivity contribution in [2.24, 2.45) is 7.05 Å². The van der Waals surface area contributed by atoms with Crippen molar-refractivity contribution in [3.8, 4) is 11.4 Å². The Morgan fingerprint density at radius 1 is 1.12 bits per heavy atom. The number of nitrogens with zero attached hydrogens (tertiary/aromatic N) is 3. The van der Waals surface area contributed by atoms with Crippen LogP contribution >= 0.6 is 11.8 Å². The van der Waals surface area contributed by atoms with Gasteiger partial charge in [0.25, 0.3) is 0 Å². The van der Waals surface area contributed by atoms with Crippen molar-refractivity contribution >= 4 is 17.5 Å². The fraction of sp³-hybridized carbons (Fsp3) is 0.211. The predicted octanol–water partition coefficient (Wildman–Crippen LogP) is 4.21. The zero-order valence-corrected chi connectivity index (χ0v) is 15.1. The average Bonchev–Trinajstić information content (AvgIpc) is 2.94. The fourth-order valence-corrected chi connectivity index (χ4v) is 3.42. The highest BCUT2D eigenvalue weighted by Gasteiger charge is 2.15. The molecule has 2 aromatic carbocycles. The molecule has 6 heteroatoms. The number of benzene rings is 2. The average molecular weight is 355 g/mol. The first-order valence-corrected chi connectivity index (χ1v) is 8.83. The van der Waals surface area contributed by atoms with Crippen LogP contribution in [0.1, 0.15) is 21.5 Å². The van der Waals surface area contributed by atoms with E-state index in [1.165, 1.54) is 23.9 Å². The quantitative estimate of drug-likeness (QED) is 0.508. The Bertz CT molecular complexity index is 919. The first-order chi connectivity index (χ1) is 12.0. The van der Waals surface area contributed by atoms with Gasteiger partial charge in [-0.15, -0.1) is 10.2 Å². The lowest BCUT2D eigenvalue weighted by molar-refractivity contribution is 0.102. The maximum Gasteiger partial charge on any atom is 0.191 e. The van der Waals surface area contributed by atoms with Crippen LogP contribution < -0.4 is 0 Å². The number of carbonyl (C=O) groups excluding carboxylic acids is 1. The smallest absolute Gasteiger partial charge is 0.191 e. The lowest BCUT2D eigenvalue weighted by atomic mass is 10.0. The lowest BCUT2D eigenvalue weighted by Crippen LogP contribution is -2.06. The van der Waals surface area contributed by atoms with Crippen molar-refractivity contribution in [3.05, 3.63) is 65.0 Å². The molecule has 0 aliphatic carbocycles. The zero-order chi connectivity index (χ0) is 18.0. The van der Waals surface area contributed by atoms with E-state index in [2.05, 4.69) is 10.2 Å². The number of rotatable bonds is 5. The minimum atomic E-state index is -0.292. The molecule has 1 aromatic heterocycles. The van der Waals surface area contributed by atoms with Gasteiger partial charge >= 0.3 is 0 Å². The standard InChI is InChI=1S/C19H18FN3OS/c1-12-4-9-16(13(2)10-12)17(24)11-25-19-22-21-18(23(19)3)14-5-7-15(20)8-6-14/h4-10H,11H2,1-3H3. The van der Waals surface area contributed by atoms with Crippen LogP contribution in [0.15, 0.2) is 47.6 Å². The summed E-state index contributed by atoms with van der Waals surface area (Å²) in [5.74, 6) is 0.703. The number of hydrogen-bond donors (Lipinski definition) is 0. The van der Waals surface area contributed by atoms with Crippen LogP contribution in [0.3, 0.4) is 0 Å². The molecule has 0 saturated carbocycles. The van der Waals surface area contributed by atoms with Gasteiger partial charge in [0.1, 0.15) is 5.82 Å². The van der Waals surface area contributed by atoms with Crippen molar-refractivity contribution in [3.63, 3.8) is 0 Å². The molecular formula is C19H18FN3OS. The normalized spacial score (nSPS) is 10.9. The highest BCUT2D eigenvalue weighted by molar-refractivity contribution is 7.99. The molecule has 3 rings (SSSR count). The van der Waals surface area contributed by atoms with E-state index in [-0.39, 0.29) is 11.6 Å². The van der Waals surface area contributed by atoms with Crippen molar-refractivity contribution in [1.29, 1.82) is 0 Å². The lowest BCUT2D eigenvalue weighted by Gasteiger charge is -2.06. The van der Waals surface area contributed by atoms with Crippen LogP contribution in [0, 0.1) is 19.7 Å². The summed E-state index contributed by atoms with van der Waals surface area (Å²) in [4.78, 5) is 12.5. The molecule has 1 heterocycles. The Kier molecular flexibility index (Phi) is 4.99. The van der Waals surface area contributed by atoms with Crippen LogP contribution in [0.4, 0.5) is 4.39 Å². The van der Waals surface area contributed by atoms with E-state index < -0.39 is 0 Å². The second-order valence-electron chi connectivity index (χ2n) is 5.90. The maximum atomic E-state index is 13.1. The van der Waals surface area contributed by atoms with Gasteiger partial charge in [0.2, 0.25) is 0 Å². The molecule has 0 aliphatic heterocycles. The molecular weight excluding hydrogens is 337 g/mol. The number of thioether (sulfide) groups is 1. The van der Waals surface area contributed by atoms with Crippen LogP contribution in [-0.2, 0) is 7.05 Å². The minimum absolute atomic E-state index is 0.0637. The van der Waals surface area contributed by atoms with Gasteiger partial charge in [-0.3, -0.25) is 4.79 Å². The molecule has 0 atom stereocenters. The molecule has 0 saturated heterocycles. The number of hydrogen-bond acceptors (Lipinski definition) is 4. The van der Waals surface area contributed by atoms with Crippen LogP contribution in [-0.4, -0.2) is 26.3 Å². The summed E-state index contributed by atoms with van der Waals surface area (Å²) in [5.41, 5.74) is 3.64. The fourth-order valence-electron chi connectivity index (χ4n) is 2.63. The molecule has 25 heavy (non-hydrogen) atoms. The molecule has 0 aliphatic rings. The monoisotopic (exact) mass is 355 g/mol. The number of carbonyl (C=O) groups is 1. The number of ketones is 1. The van der Waals surface area contributed by atoms with E-state index in [1.54, 1.807) is 12.1 Å². The number of Topliss-reactive ketones (excluding diaryl/α,β-unsaturated/α-hetero) is 1. The molecule has 0 unspecified atom stereocenters. The molecule has 4 nitrogen and oxygen atoms in total. The van der Waals surface area contributed by atoms with E-state index >= 15 is 0 Å². The number of halogens is 1. The Morgan fingerprint density at radius 3 is 2.52 bits per heavy atom. The summed E-state index contributed by atoms with van der Waals surface area (Å²) < 4.78 is 14.9. The van der Waals surface area contributed by atoms with Gasteiger partial charge in [0.05, 0.1) is 5.75 Å². The molecule has 0 N–H and O–H groups in total. The summed E-state index contributed by atoms with van der Waals surface area (Å²) in [6.45, 7) is 3.95. The summed E-state index contributed by atoms with van der Waals surface area (Å²) in [5, 5.41) is 8.95. The Labute approximate surface area is 150 Å². The molecule has 0 fully saturated rings. The largest absolute Gasteiger partial charge is 0.305 e. The summed E-state index contributed by atoms with van der Waals surface area (Å²) >= 11 is 1.35. The minimum Gasteiger partial charge on any atom is -0.305 e. The summed E-state index contributed by atoms with van der Waals surface area (Å²) in [7, 11) is 1.84. The predicted molar refractivity (Wildman–Crippen MR) is 97.4 cm³/mol. The third kappa shape index (κ3) is 3.79. The summed E-state index contributed by atoms with van der Waals surface area (Å²) in [6, 6.07) is 11.9. The Balaban J connectivity index is 1.74. The number of aromatic nitrogens is 3. The summed E-state index contributed by atoms with van der Waals surface area (Å²) in [6.07, 6.45) is 0. The van der Waals surface area contributed by atoms with E-state index in [0.29, 0.717) is 16.7 Å². The van der Waals surface area contributed by atoms with Gasteiger partial charge in [-0.25, -0.2) is 4.39 Å². The van der Waals surface area contributed by atoms with Gasteiger partial charge < -0.3 is 4.57 Å². The highest BCUT2D eigenvalue weighted by Crippen LogP contribution is 2.24. The van der Waals surface area contributed by atoms with E-state index in [9.17, 15) is 9.18 Å². The topological polar surface area (TPSA) is 47.8 Å². The van der Waals surface area contributed by atoms with Gasteiger partial charge in [-0.2, -0.15) is 0 Å². The van der Waals surface area contributed by atoms with Gasteiger partial charge in [0, 0.05) is 18.2 Å². The first kappa shape index (κ1) is 17.4. The molecule has 128 valence electrons. The number of aryl methyl sites for hydroxylation is 2. The maximum absolute atomic E-state index is 13.1. The van der Waals surface area contributed by atoms with Crippen LogP contribution in [0.5, 0.6) is 0 Å². The van der Waals surface area contributed by atoms with Crippen molar-refractivity contribution in [1.82, 2.24) is 14.8 Å². The molecule has 0 amide bonds. The van der Waals surface area contributed by atoms with E-state index in [4.69, 9.17) is 0 Å². The zero-order valence-electron chi connectivity index (χ0n) is 14.3. The van der Waals surface area contributed by atoms with Crippen molar-refractivity contribution in [2.45, 2.75) is 19.0 Å². The van der Waals surface area contributed by atoms with E-state index in [0.717, 1.165) is 22.3 Å². The Hall–Kier alpha value is -2.47. The highest BCUT2D eigenvalue weighted by atomic mass is 32.2. The van der Waals surface area contributed by atoms with Crippen molar-refractivity contribution in [2.75, 3.05) is 5.75 Å². The van der Waals surface area contributed by atoms with Crippen molar-refractivity contribution < 1.29 is 9.18 Å². The van der Waals surface area contributed by atoms with Gasteiger partial charge in [0.15, 0.2) is 16.8 Å². The third-order valence-electron chi connectivity index (χ3n) is 3.95. The second kappa shape index (κ2) is 7.19. The van der Waals surface area contributed by atoms with Crippen LogP contribution in [0.25, 0.3) is 11.4 Å². The van der Waals surface area contributed by atoms with E-state index in [1.807, 2.05) is 43.7 Å². The molecule has 0 radical (unpaired) electrons. The molecule has 0 spiro atoms. The van der Waals surface area contributed by atoms with Crippen LogP contribution in [0.2, 0.25) is 0 Å². The van der Waals surface area contributed by atoms with Gasteiger partial charge in [-0.1, -0.05) is 35.5 Å². The third-order valence-corrected chi connectivity index (χ3v) is 4.97. The molecule has 3 aromatic rings. The second-order valence-corrected chi connectivity index (χ2v) is 6.84.